The van der Waals surface area contributed by atoms with Crippen LogP contribution in [0.4, 0.5) is 10.1 Å². The van der Waals surface area contributed by atoms with Gasteiger partial charge in [0.1, 0.15) is 17.1 Å². The van der Waals surface area contributed by atoms with Crippen LogP contribution in [0.5, 0.6) is 0 Å². The molecule has 0 atom stereocenters. The van der Waals surface area contributed by atoms with Gasteiger partial charge >= 0.3 is 5.69 Å². The topological polar surface area (TPSA) is 73.1 Å². The van der Waals surface area contributed by atoms with Crippen molar-refractivity contribution in [3.05, 3.63) is 91.2 Å². The maximum absolute atomic E-state index is 14.3. The van der Waals surface area contributed by atoms with Gasteiger partial charge in [0.05, 0.1) is 11.2 Å². The van der Waals surface area contributed by atoms with E-state index < -0.39 is 23.0 Å². The number of hydrogen-bond acceptors (Lipinski definition) is 4. The molecule has 1 N–H and O–H groups in total. The van der Waals surface area contributed by atoms with E-state index in [0.717, 1.165) is 20.5 Å². The van der Waals surface area contributed by atoms with Gasteiger partial charge in [0.2, 0.25) is 5.91 Å². The molecular formula is C21H15ClFN3O3S. The summed E-state index contributed by atoms with van der Waals surface area (Å²) < 4.78 is 16.5. The summed E-state index contributed by atoms with van der Waals surface area (Å²) in [5.74, 6) is -1.19. The van der Waals surface area contributed by atoms with Gasteiger partial charge in [-0.2, -0.15) is 0 Å². The minimum atomic E-state index is -0.797. The lowest BCUT2D eigenvalue weighted by Gasteiger charge is -2.14. The third-order valence-electron chi connectivity index (χ3n) is 4.69. The molecule has 2 aromatic carbocycles. The highest BCUT2D eigenvalue weighted by Gasteiger charge is 2.19. The van der Waals surface area contributed by atoms with E-state index in [1.165, 1.54) is 24.3 Å². The first-order valence-corrected chi connectivity index (χ1v) is 10.2. The van der Waals surface area contributed by atoms with Crippen molar-refractivity contribution in [2.75, 3.05) is 5.32 Å². The fourth-order valence-corrected chi connectivity index (χ4v) is 4.16. The van der Waals surface area contributed by atoms with Crippen LogP contribution in [0, 0.1) is 12.7 Å². The Hall–Kier alpha value is -3.23. The van der Waals surface area contributed by atoms with Crippen molar-refractivity contribution < 1.29 is 9.18 Å². The van der Waals surface area contributed by atoms with E-state index in [9.17, 15) is 18.8 Å². The molecule has 0 aliphatic carbocycles. The van der Waals surface area contributed by atoms with Gasteiger partial charge in [0.15, 0.2) is 0 Å². The highest BCUT2D eigenvalue weighted by Crippen LogP contribution is 2.23. The van der Waals surface area contributed by atoms with Crippen LogP contribution >= 0.6 is 22.9 Å². The monoisotopic (exact) mass is 443 g/mol. The molecule has 9 heteroatoms. The molecule has 30 heavy (non-hydrogen) atoms. The molecule has 6 nitrogen and oxygen atoms in total. The lowest BCUT2D eigenvalue weighted by Crippen LogP contribution is -2.40. The minimum Gasteiger partial charge on any atom is -0.324 e. The van der Waals surface area contributed by atoms with Crippen LogP contribution in [0.3, 0.4) is 0 Å². The molecule has 0 saturated carbocycles. The zero-order chi connectivity index (χ0) is 21.4. The van der Waals surface area contributed by atoms with Crippen molar-refractivity contribution in [1.29, 1.82) is 0 Å². The molecule has 0 saturated heterocycles. The Morgan fingerprint density at radius 3 is 2.67 bits per heavy atom. The van der Waals surface area contributed by atoms with Crippen molar-refractivity contribution in [2.24, 2.45) is 0 Å². The third kappa shape index (κ3) is 3.44. The Labute approximate surface area is 178 Å². The van der Waals surface area contributed by atoms with Crippen molar-refractivity contribution in [3.8, 4) is 5.69 Å². The molecule has 152 valence electrons. The minimum absolute atomic E-state index is 0.164. The molecule has 1 amide bonds. The molecule has 0 unspecified atom stereocenters. The van der Waals surface area contributed by atoms with E-state index in [0.29, 0.717) is 21.8 Å². The number of thiophene rings is 1. The number of nitrogens with one attached hydrogen (secondary N) is 1. The van der Waals surface area contributed by atoms with Gasteiger partial charge in [0.25, 0.3) is 5.56 Å². The number of para-hydroxylation sites is 1. The number of amides is 1. The summed E-state index contributed by atoms with van der Waals surface area (Å²) in [4.78, 5) is 38.7. The SMILES string of the molecule is Cc1c(Cl)cccc1NC(=O)Cn1c(=O)n(-c2ccccc2F)c(=O)c2sccc21. The van der Waals surface area contributed by atoms with Gasteiger partial charge < -0.3 is 5.32 Å². The molecule has 4 aromatic rings. The molecule has 2 aromatic heterocycles. The van der Waals surface area contributed by atoms with Crippen LogP contribution in [-0.2, 0) is 11.3 Å². The normalized spacial score (nSPS) is 11.0. The Balaban J connectivity index is 1.81. The van der Waals surface area contributed by atoms with Gasteiger partial charge in [-0.3, -0.25) is 14.2 Å². The maximum Gasteiger partial charge on any atom is 0.336 e. The second kappa shape index (κ2) is 7.89. The number of fused-ring (bicyclic) bond motifs is 1. The lowest BCUT2D eigenvalue weighted by molar-refractivity contribution is -0.116. The number of carbonyl (C=O) groups excluding carboxylic acids is 1. The fraction of sp³-hybridized carbons (Fsp3) is 0.0952. The van der Waals surface area contributed by atoms with E-state index in [1.807, 2.05) is 0 Å². The molecule has 0 aliphatic heterocycles. The van der Waals surface area contributed by atoms with Crippen molar-refractivity contribution in [3.63, 3.8) is 0 Å². The van der Waals surface area contributed by atoms with Gasteiger partial charge in [-0.25, -0.2) is 13.8 Å². The summed E-state index contributed by atoms with van der Waals surface area (Å²) in [6.45, 7) is 1.41. The largest absolute Gasteiger partial charge is 0.336 e. The summed E-state index contributed by atoms with van der Waals surface area (Å²) in [7, 11) is 0. The van der Waals surface area contributed by atoms with Crippen molar-refractivity contribution >= 4 is 44.7 Å². The first-order valence-electron chi connectivity index (χ1n) is 8.91. The van der Waals surface area contributed by atoms with E-state index in [4.69, 9.17) is 11.6 Å². The summed E-state index contributed by atoms with van der Waals surface area (Å²) in [6.07, 6.45) is 0. The maximum atomic E-state index is 14.3. The molecule has 0 radical (unpaired) electrons. The standard InChI is InChI=1S/C21H15ClFN3O3S/c1-12-13(22)5-4-7-15(12)24-18(27)11-25-17-9-10-30-19(17)20(28)26(21(25)29)16-8-3-2-6-14(16)23/h2-10H,11H2,1H3,(H,24,27). The Bertz CT molecular complexity index is 1410. The van der Waals surface area contributed by atoms with E-state index >= 15 is 0 Å². The second-order valence-electron chi connectivity index (χ2n) is 6.56. The Kier molecular flexibility index (Phi) is 5.27. The first-order chi connectivity index (χ1) is 14.4. The molecule has 0 fully saturated rings. The highest BCUT2D eigenvalue weighted by molar-refractivity contribution is 7.17. The van der Waals surface area contributed by atoms with Gasteiger partial charge in [0, 0.05) is 10.7 Å². The average Bonchev–Trinajstić information content (AvgIpc) is 3.20. The number of carbonyl (C=O) groups is 1. The first kappa shape index (κ1) is 20.1. The predicted molar refractivity (Wildman–Crippen MR) is 116 cm³/mol. The van der Waals surface area contributed by atoms with Gasteiger partial charge in [-0.05, 0) is 48.2 Å². The van der Waals surface area contributed by atoms with Crippen LogP contribution in [0.15, 0.2) is 63.5 Å². The third-order valence-corrected chi connectivity index (χ3v) is 5.99. The van der Waals surface area contributed by atoms with Gasteiger partial charge in [-0.1, -0.05) is 29.8 Å². The zero-order valence-corrected chi connectivity index (χ0v) is 17.3. The van der Waals surface area contributed by atoms with E-state index in [1.54, 1.807) is 36.6 Å². The van der Waals surface area contributed by atoms with Crippen LogP contribution in [0.25, 0.3) is 15.9 Å². The van der Waals surface area contributed by atoms with Gasteiger partial charge in [-0.15, -0.1) is 11.3 Å². The van der Waals surface area contributed by atoms with Crippen molar-refractivity contribution in [2.45, 2.75) is 13.5 Å². The number of rotatable bonds is 4. The summed E-state index contributed by atoms with van der Waals surface area (Å²) in [6, 6.07) is 12.2. The molecule has 0 bridgehead atoms. The molecular weight excluding hydrogens is 429 g/mol. The Morgan fingerprint density at radius 1 is 1.13 bits per heavy atom. The number of aromatic nitrogens is 2. The second-order valence-corrected chi connectivity index (χ2v) is 7.88. The predicted octanol–water partition coefficient (Wildman–Crippen LogP) is 3.95. The van der Waals surface area contributed by atoms with Crippen LogP contribution < -0.4 is 16.6 Å². The van der Waals surface area contributed by atoms with E-state index in [2.05, 4.69) is 5.32 Å². The summed E-state index contributed by atoms with van der Waals surface area (Å²) in [5.41, 5.74) is -0.0592. The zero-order valence-electron chi connectivity index (χ0n) is 15.7. The number of benzene rings is 2. The Morgan fingerprint density at radius 2 is 1.90 bits per heavy atom. The van der Waals surface area contributed by atoms with Crippen molar-refractivity contribution in [1.82, 2.24) is 9.13 Å². The summed E-state index contributed by atoms with van der Waals surface area (Å²) in [5, 5.41) is 4.87. The quantitative estimate of drug-likeness (QED) is 0.519. The summed E-state index contributed by atoms with van der Waals surface area (Å²) >= 11 is 7.21. The van der Waals surface area contributed by atoms with Crippen LogP contribution in [0.1, 0.15) is 5.56 Å². The fourth-order valence-electron chi connectivity index (χ4n) is 3.16. The number of nitrogens with zero attached hydrogens (tertiary/aromatic N) is 2. The van der Waals surface area contributed by atoms with E-state index in [-0.39, 0.29) is 16.9 Å². The highest BCUT2D eigenvalue weighted by atomic mass is 35.5. The average molecular weight is 444 g/mol. The number of hydrogen-bond donors (Lipinski definition) is 1. The molecule has 2 heterocycles. The molecule has 0 aliphatic rings. The van der Waals surface area contributed by atoms with Crippen LogP contribution in [0.2, 0.25) is 5.02 Å². The lowest BCUT2D eigenvalue weighted by atomic mass is 10.2. The van der Waals surface area contributed by atoms with Crippen LogP contribution in [-0.4, -0.2) is 15.0 Å². The number of anilines is 1. The molecule has 0 spiro atoms. The molecule has 4 rings (SSSR count). The number of halogens is 2. The smallest absolute Gasteiger partial charge is 0.324 e.